The maximum atomic E-state index is 10.9. The maximum absolute atomic E-state index is 10.9. The summed E-state index contributed by atoms with van der Waals surface area (Å²) in [5.74, 6) is -0.748. The largest absolute Gasteiger partial charge is 0.359 e. The predicted molar refractivity (Wildman–Crippen MR) is 34.6 cm³/mol. The van der Waals surface area contributed by atoms with Gasteiger partial charge >= 0.3 is 0 Å². The minimum absolute atomic E-state index is 0.366. The first-order valence-corrected chi connectivity index (χ1v) is 3.40. The fraction of sp³-hybridized carbons (Fsp3) is 0.714. The van der Waals surface area contributed by atoms with E-state index in [1.54, 1.807) is 6.92 Å². The van der Waals surface area contributed by atoms with Gasteiger partial charge in [0.25, 0.3) is 0 Å². The van der Waals surface area contributed by atoms with Crippen molar-refractivity contribution in [3.8, 4) is 0 Å². The summed E-state index contributed by atoms with van der Waals surface area (Å²) in [5.41, 5.74) is 0. The molecule has 0 aromatic heterocycles. The van der Waals surface area contributed by atoms with Crippen LogP contribution in [0.1, 0.15) is 20.3 Å². The molecule has 1 rings (SSSR count). The molecule has 2 atom stereocenters. The Labute approximate surface area is 59.4 Å². The monoisotopic (exact) mass is 142 g/mol. The van der Waals surface area contributed by atoms with Gasteiger partial charge in [-0.05, 0) is 13.3 Å². The molecule has 0 aromatic rings. The fourth-order valence-corrected chi connectivity index (χ4v) is 1.01. The molecule has 0 aliphatic carbocycles. The van der Waals surface area contributed by atoms with Crippen molar-refractivity contribution in [1.82, 2.24) is 0 Å². The number of carbonyl (C=O) groups excluding carboxylic acids is 2. The van der Waals surface area contributed by atoms with Crippen LogP contribution in [0.25, 0.3) is 0 Å². The van der Waals surface area contributed by atoms with Crippen molar-refractivity contribution in [2.45, 2.75) is 32.5 Å². The fourth-order valence-electron chi connectivity index (χ4n) is 1.01. The molecule has 0 radical (unpaired) electrons. The Hall–Kier alpha value is -0.700. The number of hydrogen-bond donors (Lipinski definition) is 0. The molecular formula is C7H10O3. The van der Waals surface area contributed by atoms with Gasteiger partial charge in [-0.25, -0.2) is 0 Å². The average Bonchev–Trinajstić information content (AvgIpc) is 2.17. The molecule has 0 bridgehead atoms. The van der Waals surface area contributed by atoms with E-state index in [9.17, 15) is 9.59 Å². The highest BCUT2D eigenvalue weighted by atomic mass is 16.5. The van der Waals surface area contributed by atoms with Gasteiger partial charge in [0, 0.05) is 0 Å². The Bertz CT molecular complexity index is 174. The molecule has 1 heterocycles. The summed E-state index contributed by atoms with van der Waals surface area (Å²) >= 11 is 0. The molecule has 1 saturated heterocycles. The van der Waals surface area contributed by atoms with E-state index in [1.807, 2.05) is 6.92 Å². The molecule has 3 heteroatoms. The smallest absolute Gasteiger partial charge is 0.229 e. The van der Waals surface area contributed by atoms with Gasteiger partial charge in [-0.3, -0.25) is 9.59 Å². The van der Waals surface area contributed by atoms with E-state index in [-0.39, 0.29) is 11.6 Å². The summed E-state index contributed by atoms with van der Waals surface area (Å²) in [5, 5.41) is 0. The highest BCUT2D eigenvalue weighted by molar-refractivity contribution is 6.42. The van der Waals surface area contributed by atoms with Gasteiger partial charge < -0.3 is 4.74 Å². The zero-order chi connectivity index (χ0) is 7.72. The minimum atomic E-state index is -0.516. The highest BCUT2D eigenvalue weighted by Gasteiger charge is 2.37. The lowest BCUT2D eigenvalue weighted by molar-refractivity contribution is -0.135. The summed E-state index contributed by atoms with van der Waals surface area (Å²) < 4.78 is 5.04. The van der Waals surface area contributed by atoms with E-state index in [0.717, 1.165) is 0 Å². The highest BCUT2D eigenvalue weighted by Crippen LogP contribution is 2.14. The van der Waals surface area contributed by atoms with E-state index in [2.05, 4.69) is 0 Å². The first kappa shape index (κ1) is 7.41. The normalized spacial score (nSPS) is 33.4. The Kier molecular flexibility index (Phi) is 1.85. The van der Waals surface area contributed by atoms with Crippen molar-refractivity contribution in [2.75, 3.05) is 0 Å². The third kappa shape index (κ3) is 0.968. The van der Waals surface area contributed by atoms with Gasteiger partial charge in [0.1, 0.15) is 12.2 Å². The number of ketones is 2. The van der Waals surface area contributed by atoms with Crippen LogP contribution in [0.2, 0.25) is 0 Å². The van der Waals surface area contributed by atoms with Crippen molar-refractivity contribution in [1.29, 1.82) is 0 Å². The topological polar surface area (TPSA) is 43.4 Å². The molecule has 3 nitrogen and oxygen atoms in total. The van der Waals surface area contributed by atoms with E-state index in [4.69, 9.17) is 4.74 Å². The Balaban J connectivity index is 2.71. The molecule has 0 aromatic carbocycles. The summed E-state index contributed by atoms with van der Waals surface area (Å²) in [7, 11) is 0. The molecule has 2 unspecified atom stereocenters. The van der Waals surface area contributed by atoms with E-state index in [1.165, 1.54) is 0 Å². The number of hydrogen-bond acceptors (Lipinski definition) is 3. The first-order valence-electron chi connectivity index (χ1n) is 3.40. The second kappa shape index (κ2) is 2.50. The lowest BCUT2D eigenvalue weighted by atomic mass is 10.1. The molecule has 10 heavy (non-hydrogen) atoms. The lowest BCUT2D eigenvalue weighted by Gasteiger charge is -2.02. The molecule has 1 aliphatic rings. The summed E-state index contributed by atoms with van der Waals surface area (Å²) in [6.07, 6.45) is -0.394. The Morgan fingerprint density at radius 2 is 2.00 bits per heavy atom. The van der Waals surface area contributed by atoms with Crippen molar-refractivity contribution in [3.63, 3.8) is 0 Å². The van der Waals surface area contributed by atoms with Gasteiger partial charge in [-0.15, -0.1) is 0 Å². The van der Waals surface area contributed by atoms with Crippen LogP contribution in [-0.2, 0) is 14.3 Å². The van der Waals surface area contributed by atoms with Crippen LogP contribution in [0, 0.1) is 0 Å². The SMILES string of the molecule is CCC1OC(C)C(=O)C1=O. The van der Waals surface area contributed by atoms with E-state index in [0.29, 0.717) is 6.42 Å². The third-order valence-corrected chi connectivity index (χ3v) is 1.64. The third-order valence-electron chi connectivity index (χ3n) is 1.64. The molecule has 0 N–H and O–H groups in total. The van der Waals surface area contributed by atoms with E-state index < -0.39 is 12.2 Å². The van der Waals surface area contributed by atoms with Crippen LogP contribution in [0.4, 0.5) is 0 Å². The Morgan fingerprint density at radius 1 is 1.40 bits per heavy atom. The summed E-state index contributed by atoms with van der Waals surface area (Å²) in [4.78, 5) is 21.7. The van der Waals surface area contributed by atoms with Crippen LogP contribution in [0.5, 0.6) is 0 Å². The second-order valence-electron chi connectivity index (χ2n) is 2.40. The number of rotatable bonds is 1. The van der Waals surface area contributed by atoms with Crippen LogP contribution in [0.15, 0.2) is 0 Å². The quantitative estimate of drug-likeness (QED) is 0.495. The van der Waals surface area contributed by atoms with Crippen LogP contribution in [-0.4, -0.2) is 23.8 Å². The first-order chi connectivity index (χ1) is 4.66. The minimum Gasteiger partial charge on any atom is -0.359 e. The number of Topliss-reactive ketones (excluding diaryl/α,β-unsaturated/α-hetero) is 2. The lowest BCUT2D eigenvalue weighted by Crippen LogP contribution is -2.19. The standard InChI is InChI=1S/C7H10O3/c1-3-5-7(9)6(8)4(2)10-5/h4-5H,3H2,1-2H3. The number of ether oxygens (including phenoxy) is 1. The predicted octanol–water partition coefficient (Wildman–Crippen LogP) is 0.322. The van der Waals surface area contributed by atoms with Crippen molar-refractivity contribution in [3.05, 3.63) is 0 Å². The van der Waals surface area contributed by atoms with Crippen molar-refractivity contribution >= 4 is 11.6 Å². The maximum Gasteiger partial charge on any atom is 0.229 e. The zero-order valence-corrected chi connectivity index (χ0v) is 6.09. The molecule has 0 spiro atoms. The van der Waals surface area contributed by atoms with E-state index >= 15 is 0 Å². The average molecular weight is 142 g/mol. The molecule has 0 saturated carbocycles. The van der Waals surface area contributed by atoms with Crippen molar-refractivity contribution < 1.29 is 14.3 Å². The Morgan fingerprint density at radius 3 is 2.20 bits per heavy atom. The molecule has 0 amide bonds. The summed E-state index contributed by atoms with van der Waals surface area (Å²) in [6, 6.07) is 0. The second-order valence-corrected chi connectivity index (χ2v) is 2.40. The van der Waals surface area contributed by atoms with Gasteiger partial charge in [-0.1, -0.05) is 6.92 Å². The summed E-state index contributed by atoms with van der Waals surface area (Å²) in [6.45, 7) is 3.43. The molecule has 1 fully saturated rings. The van der Waals surface area contributed by atoms with Crippen LogP contribution in [0.3, 0.4) is 0 Å². The van der Waals surface area contributed by atoms with Crippen molar-refractivity contribution in [2.24, 2.45) is 0 Å². The number of carbonyl (C=O) groups is 2. The van der Waals surface area contributed by atoms with Gasteiger partial charge in [-0.2, -0.15) is 0 Å². The zero-order valence-electron chi connectivity index (χ0n) is 6.09. The van der Waals surface area contributed by atoms with Gasteiger partial charge in [0.15, 0.2) is 0 Å². The van der Waals surface area contributed by atoms with Gasteiger partial charge in [0.2, 0.25) is 11.6 Å². The molecular weight excluding hydrogens is 132 g/mol. The van der Waals surface area contributed by atoms with Crippen LogP contribution >= 0.6 is 0 Å². The molecule has 56 valence electrons. The molecule has 1 aliphatic heterocycles. The van der Waals surface area contributed by atoms with Crippen LogP contribution < -0.4 is 0 Å². The van der Waals surface area contributed by atoms with Gasteiger partial charge in [0.05, 0.1) is 0 Å².